The van der Waals surface area contributed by atoms with Crippen LogP contribution in [0.25, 0.3) is 6.08 Å². The van der Waals surface area contributed by atoms with E-state index in [0.717, 1.165) is 0 Å². The fourth-order valence-corrected chi connectivity index (χ4v) is 2.89. The molecular weight excluding hydrogens is 432 g/mol. The van der Waals surface area contributed by atoms with E-state index in [4.69, 9.17) is 4.74 Å². The molecule has 0 radical (unpaired) electrons. The first-order chi connectivity index (χ1) is 16.4. The number of rotatable bonds is 8. The van der Waals surface area contributed by atoms with Crippen LogP contribution in [0.15, 0.2) is 89.7 Å². The van der Waals surface area contributed by atoms with Crippen molar-refractivity contribution >= 4 is 35.7 Å². The zero-order valence-corrected chi connectivity index (χ0v) is 18.7. The van der Waals surface area contributed by atoms with Crippen molar-refractivity contribution in [3.05, 3.63) is 101 Å². The molecule has 0 atom stereocenters. The molecule has 3 N–H and O–H groups in total. The summed E-state index contributed by atoms with van der Waals surface area (Å²) in [6.45, 7) is 1.43. The molecule has 0 heterocycles. The number of carbonyl (C=O) groups excluding carboxylic acids is 3. The summed E-state index contributed by atoms with van der Waals surface area (Å²) in [5.41, 5.74) is 4.93. The number of nitrogens with one attached hydrogen (secondary N) is 3. The summed E-state index contributed by atoms with van der Waals surface area (Å²) in [7, 11) is 1.56. The number of ether oxygens (including phenoxy) is 1. The Balaban J connectivity index is 1.75. The summed E-state index contributed by atoms with van der Waals surface area (Å²) in [6.07, 6.45) is 3.01. The Morgan fingerprint density at radius 3 is 2.12 bits per heavy atom. The Morgan fingerprint density at radius 2 is 1.50 bits per heavy atom. The smallest absolute Gasteiger partial charge is 0.287 e. The van der Waals surface area contributed by atoms with Gasteiger partial charge in [0.15, 0.2) is 0 Å². The van der Waals surface area contributed by atoms with Crippen LogP contribution >= 0.6 is 0 Å². The lowest BCUT2D eigenvalue weighted by molar-refractivity contribution is -0.117. The Labute approximate surface area is 197 Å². The molecule has 0 aliphatic rings. The zero-order valence-electron chi connectivity index (χ0n) is 18.7. The second-order valence-corrected chi connectivity index (χ2v) is 7.15. The van der Waals surface area contributed by atoms with Gasteiger partial charge >= 0.3 is 0 Å². The number of carbonyl (C=O) groups is 3. The van der Waals surface area contributed by atoms with Crippen molar-refractivity contribution in [2.24, 2.45) is 5.10 Å². The van der Waals surface area contributed by atoms with E-state index in [9.17, 15) is 14.4 Å². The van der Waals surface area contributed by atoms with Gasteiger partial charge in [0, 0.05) is 18.2 Å². The molecule has 0 unspecified atom stereocenters. The molecule has 3 rings (SSSR count). The first-order valence-electron chi connectivity index (χ1n) is 10.4. The second-order valence-electron chi connectivity index (χ2n) is 7.15. The van der Waals surface area contributed by atoms with Crippen molar-refractivity contribution in [2.45, 2.75) is 6.92 Å². The fraction of sp³-hybridized carbons (Fsp3) is 0.0769. The lowest BCUT2D eigenvalue weighted by atomic mass is 10.1. The number of methoxy groups -OCH3 is 1. The number of amides is 3. The van der Waals surface area contributed by atoms with E-state index in [1.165, 1.54) is 13.1 Å². The molecule has 0 bridgehead atoms. The molecule has 8 heteroatoms. The van der Waals surface area contributed by atoms with Crippen molar-refractivity contribution in [2.75, 3.05) is 12.4 Å². The van der Waals surface area contributed by atoms with Crippen LogP contribution in [-0.2, 0) is 9.59 Å². The predicted molar refractivity (Wildman–Crippen MR) is 131 cm³/mol. The quantitative estimate of drug-likeness (QED) is 0.273. The lowest BCUT2D eigenvalue weighted by Gasteiger charge is -2.09. The van der Waals surface area contributed by atoms with Crippen LogP contribution in [0.3, 0.4) is 0 Å². The fourth-order valence-electron chi connectivity index (χ4n) is 2.89. The van der Waals surface area contributed by atoms with E-state index in [0.29, 0.717) is 28.1 Å². The van der Waals surface area contributed by atoms with E-state index in [1.54, 1.807) is 92.0 Å². The molecule has 0 aliphatic heterocycles. The highest BCUT2D eigenvalue weighted by Crippen LogP contribution is 2.14. The van der Waals surface area contributed by atoms with Gasteiger partial charge in [0.25, 0.3) is 11.8 Å². The molecule has 0 spiro atoms. The first-order valence-corrected chi connectivity index (χ1v) is 10.4. The summed E-state index contributed by atoms with van der Waals surface area (Å²) < 4.78 is 5.16. The average Bonchev–Trinajstić information content (AvgIpc) is 2.85. The summed E-state index contributed by atoms with van der Waals surface area (Å²) in [4.78, 5) is 36.6. The average molecular weight is 457 g/mol. The predicted octanol–water partition coefficient (Wildman–Crippen LogP) is 3.57. The van der Waals surface area contributed by atoms with Gasteiger partial charge in [-0.15, -0.1) is 0 Å². The minimum atomic E-state index is -0.591. The van der Waals surface area contributed by atoms with Crippen LogP contribution in [-0.4, -0.2) is 31.0 Å². The minimum absolute atomic E-state index is 0.0252. The van der Waals surface area contributed by atoms with Crippen LogP contribution in [0.5, 0.6) is 5.75 Å². The van der Waals surface area contributed by atoms with Crippen molar-refractivity contribution in [1.82, 2.24) is 10.7 Å². The molecule has 0 saturated heterocycles. The van der Waals surface area contributed by atoms with Crippen molar-refractivity contribution < 1.29 is 19.1 Å². The molecule has 8 nitrogen and oxygen atoms in total. The van der Waals surface area contributed by atoms with Gasteiger partial charge in [-0.3, -0.25) is 14.4 Å². The van der Waals surface area contributed by atoms with Crippen LogP contribution in [0, 0.1) is 0 Å². The van der Waals surface area contributed by atoms with Gasteiger partial charge in [-0.2, -0.15) is 5.10 Å². The Bertz CT molecular complexity index is 1200. The maximum atomic E-state index is 12.8. The molecular formula is C26H24N4O4. The monoisotopic (exact) mass is 456 g/mol. The maximum Gasteiger partial charge on any atom is 0.287 e. The highest BCUT2D eigenvalue weighted by atomic mass is 16.5. The van der Waals surface area contributed by atoms with Crippen molar-refractivity contribution in [3.63, 3.8) is 0 Å². The van der Waals surface area contributed by atoms with Gasteiger partial charge < -0.3 is 15.4 Å². The van der Waals surface area contributed by atoms with Crippen LogP contribution in [0.4, 0.5) is 5.69 Å². The molecule has 3 aromatic carbocycles. The van der Waals surface area contributed by atoms with Gasteiger partial charge in [-0.05, 0) is 53.6 Å². The largest absolute Gasteiger partial charge is 0.497 e. The van der Waals surface area contributed by atoms with Crippen LogP contribution in [0.2, 0.25) is 0 Å². The minimum Gasteiger partial charge on any atom is -0.497 e. The maximum absolute atomic E-state index is 12.8. The summed E-state index contributed by atoms with van der Waals surface area (Å²) in [6, 6.07) is 22.6. The number of hydrazone groups is 1. The standard InChI is InChI=1S/C26H24N4O4/c1-18(31)28-22-12-8-20(9-13-22)17-27-30-26(33)24(16-19-10-14-23(34-2)15-11-19)29-25(32)21-6-4-3-5-7-21/h3-17H,1-2H3,(H,28,31)(H,29,32)(H,30,33). The van der Waals surface area contributed by atoms with E-state index in [1.807, 2.05) is 0 Å². The van der Waals surface area contributed by atoms with Crippen molar-refractivity contribution in [1.29, 1.82) is 0 Å². The zero-order chi connectivity index (χ0) is 24.3. The third-order valence-electron chi connectivity index (χ3n) is 4.57. The number of benzene rings is 3. The van der Waals surface area contributed by atoms with Gasteiger partial charge in [-0.25, -0.2) is 5.43 Å². The molecule has 3 aromatic rings. The van der Waals surface area contributed by atoms with E-state index >= 15 is 0 Å². The normalized spacial score (nSPS) is 11.1. The SMILES string of the molecule is COc1ccc(C=C(NC(=O)c2ccccc2)C(=O)NN=Cc2ccc(NC(C)=O)cc2)cc1. The van der Waals surface area contributed by atoms with Gasteiger partial charge in [0.05, 0.1) is 13.3 Å². The Morgan fingerprint density at radius 1 is 0.853 bits per heavy atom. The number of hydrogen-bond acceptors (Lipinski definition) is 5. The lowest BCUT2D eigenvalue weighted by Crippen LogP contribution is -2.32. The highest BCUT2D eigenvalue weighted by Gasteiger charge is 2.14. The van der Waals surface area contributed by atoms with Gasteiger partial charge in [0.1, 0.15) is 11.4 Å². The summed E-state index contributed by atoms with van der Waals surface area (Å²) in [5.74, 6) is -0.507. The summed E-state index contributed by atoms with van der Waals surface area (Å²) in [5, 5.41) is 9.30. The van der Waals surface area contributed by atoms with E-state index in [-0.39, 0.29) is 11.6 Å². The second kappa shape index (κ2) is 11.8. The third-order valence-corrected chi connectivity index (χ3v) is 4.57. The summed E-state index contributed by atoms with van der Waals surface area (Å²) >= 11 is 0. The van der Waals surface area contributed by atoms with Crippen molar-refractivity contribution in [3.8, 4) is 5.75 Å². The Hall–Kier alpha value is -4.72. The molecule has 0 aromatic heterocycles. The van der Waals surface area contributed by atoms with Crippen LogP contribution in [0.1, 0.15) is 28.4 Å². The number of anilines is 1. The number of hydrogen-bond donors (Lipinski definition) is 3. The topological polar surface area (TPSA) is 109 Å². The first kappa shape index (κ1) is 23.9. The van der Waals surface area contributed by atoms with Crippen LogP contribution < -0.4 is 20.8 Å². The third kappa shape index (κ3) is 7.16. The van der Waals surface area contributed by atoms with Gasteiger partial charge in [0.2, 0.25) is 5.91 Å². The van der Waals surface area contributed by atoms with E-state index in [2.05, 4.69) is 21.2 Å². The molecule has 34 heavy (non-hydrogen) atoms. The van der Waals surface area contributed by atoms with E-state index < -0.39 is 11.8 Å². The molecule has 0 aliphatic carbocycles. The molecule has 172 valence electrons. The number of nitrogens with zero attached hydrogens (tertiary/aromatic N) is 1. The molecule has 3 amide bonds. The highest BCUT2D eigenvalue weighted by molar-refractivity contribution is 6.05. The molecule has 0 saturated carbocycles. The Kier molecular flexibility index (Phi) is 8.29. The van der Waals surface area contributed by atoms with Gasteiger partial charge in [-0.1, -0.05) is 42.5 Å². The molecule has 0 fully saturated rings.